The van der Waals surface area contributed by atoms with E-state index in [4.69, 9.17) is 23.3 Å². The van der Waals surface area contributed by atoms with Crippen molar-refractivity contribution in [2.45, 2.75) is 57.3 Å². The number of aryl methyl sites for hydroxylation is 1. The van der Waals surface area contributed by atoms with Gasteiger partial charge in [0, 0.05) is 31.9 Å². The molecule has 12 heteroatoms. The number of nitrogens with one attached hydrogen (secondary N) is 1. The molecule has 2 saturated heterocycles. The molecule has 0 bridgehead atoms. The van der Waals surface area contributed by atoms with Crippen molar-refractivity contribution >= 4 is 7.60 Å². The van der Waals surface area contributed by atoms with Crippen LogP contribution in [0, 0.1) is 6.92 Å². The lowest BCUT2D eigenvalue weighted by Crippen LogP contribution is -2.33. The fourth-order valence-corrected chi connectivity index (χ4v) is 4.48. The first-order valence-corrected chi connectivity index (χ1v) is 10.6. The summed E-state index contributed by atoms with van der Waals surface area (Å²) in [6.45, 7) is 3.89. The third kappa shape index (κ3) is 4.46. The molecule has 28 heavy (non-hydrogen) atoms. The topological polar surface area (TPSA) is 138 Å². The standard InChI is InChI=1S/C16H25N2O9P/c1-9-7-18(16(21)17-14(9)20)13-6-12(19)15(26-13)25-10(2)28(22,23-3)27-11-4-5-24-8-11/h7,10-13,15,19H,4-6,8H2,1-3H3,(H,17,20,21)/t10?,11?,12-,13-,15+,28?/m1/s1. The lowest BCUT2D eigenvalue weighted by Gasteiger charge is -2.28. The summed E-state index contributed by atoms with van der Waals surface area (Å²) in [5.41, 5.74) is -0.824. The molecule has 6 atom stereocenters. The van der Waals surface area contributed by atoms with Crippen LogP contribution in [-0.2, 0) is 27.8 Å². The second-order valence-electron chi connectivity index (χ2n) is 6.79. The van der Waals surface area contributed by atoms with E-state index in [9.17, 15) is 19.3 Å². The number of ether oxygens (including phenoxy) is 3. The van der Waals surface area contributed by atoms with E-state index in [1.807, 2.05) is 0 Å². The van der Waals surface area contributed by atoms with Gasteiger partial charge in [0.05, 0.1) is 12.7 Å². The van der Waals surface area contributed by atoms with E-state index in [2.05, 4.69) is 4.98 Å². The molecule has 1 aromatic rings. The van der Waals surface area contributed by atoms with Crippen LogP contribution in [0.5, 0.6) is 0 Å². The second-order valence-corrected chi connectivity index (χ2v) is 9.17. The number of H-pyrrole nitrogens is 1. The minimum atomic E-state index is -3.64. The molecule has 0 radical (unpaired) electrons. The molecule has 0 amide bonds. The Morgan fingerprint density at radius 1 is 1.43 bits per heavy atom. The molecule has 0 aliphatic carbocycles. The highest BCUT2D eigenvalue weighted by Crippen LogP contribution is 2.55. The number of aromatic amines is 1. The Kier molecular flexibility index (Phi) is 6.55. The van der Waals surface area contributed by atoms with Crippen LogP contribution in [-0.4, -0.2) is 59.3 Å². The molecular formula is C16H25N2O9P. The molecule has 158 valence electrons. The summed E-state index contributed by atoms with van der Waals surface area (Å²) in [7, 11) is -2.39. The largest absolute Gasteiger partial charge is 0.388 e. The maximum atomic E-state index is 13.0. The van der Waals surface area contributed by atoms with Crippen molar-refractivity contribution in [3.8, 4) is 0 Å². The summed E-state index contributed by atoms with van der Waals surface area (Å²) in [4.78, 5) is 25.7. The van der Waals surface area contributed by atoms with Gasteiger partial charge in [-0.1, -0.05) is 0 Å². The van der Waals surface area contributed by atoms with Crippen molar-refractivity contribution in [2.75, 3.05) is 20.3 Å². The Hall–Kier alpha value is -1.33. The molecule has 2 fully saturated rings. The summed E-state index contributed by atoms with van der Waals surface area (Å²) in [6, 6.07) is 0. The zero-order valence-electron chi connectivity index (χ0n) is 15.9. The van der Waals surface area contributed by atoms with E-state index in [0.29, 0.717) is 25.2 Å². The highest BCUT2D eigenvalue weighted by molar-refractivity contribution is 7.54. The van der Waals surface area contributed by atoms with Gasteiger partial charge in [-0.2, -0.15) is 0 Å². The van der Waals surface area contributed by atoms with E-state index in [0.717, 1.165) is 0 Å². The summed E-state index contributed by atoms with van der Waals surface area (Å²) in [5.74, 6) is -1.02. The quantitative estimate of drug-likeness (QED) is 0.602. The lowest BCUT2D eigenvalue weighted by atomic mass is 10.2. The zero-order chi connectivity index (χ0) is 20.5. The average Bonchev–Trinajstić information content (AvgIpc) is 3.28. The highest BCUT2D eigenvalue weighted by Gasteiger charge is 2.43. The minimum Gasteiger partial charge on any atom is -0.388 e. The molecule has 0 saturated carbocycles. The first kappa shape index (κ1) is 21.4. The first-order valence-electron chi connectivity index (χ1n) is 8.96. The lowest BCUT2D eigenvalue weighted by molar-refractivity contribution is -0.186. The first-order chi connectivity index (χ1) is 13.2. The molecule has 2 N–H and O–H groups in total. The molecule has 3 heterocycles. The molecule has 0 aromatic carbocycles. The van der Waals surface area contributed by atoms with Crippen molar-refractivity contribution in [1.82, 2.24) is 9.55 Å². The Balaban J connectivity index is 1.69. The van der Waals surface area contributed by atoms with Crippen molar-refractivity contribution in [3.63, 3.8) is 0 Å². The Morgan fingerprint density at radius 2 is 2.18 bits per heavy atom. The summed E-state index contributed by atoms with van der Waals surface area (Å²) in [5, 5.41) is 10.3. The van der Waals surface area contributed by atoms with Gasteiger partial charge in [-0.05, 0) is 20.3 Å². The maximum absolute atomic E-state index is 13.0. The SMILES string of the molecule is COP(=O)(OC1CCOC1)C(C)O[C@H]1O[C@@H](n2cc(C)c(=O)[nH]c2=O)C[C@H]1O. The van der Waals surface area contributed by atoms with Gasteiger partial charge in [-0.15, -0.1) is 0 Å². The molecule has 1 aromatic heterocycles. The molecule has 11 nitrogen and oxygen atoms in total. The predicted octanol–water partition coefficient (Wildman–Crippen LogP) is 0.459. The normalized spacial score (nSPS) is 31.0. The number of aliphatic hydroxyl groups is 1. The van der Waals surface area contributed by atoms with Gasteiger partial charge in [0.2, 0.25) is 0 Å². The molecule has 3 unspecified atom stereocenters. The van der Waals surface area contributed by atoms with Gasteiger partial charge >= 0.3 is 13.3 Å². The van der Waals surface area contributed by atoms with Crippen LogP contribution in [0.3, 0.4) is 0 Å². The Bertz CT molecular complexity index is 847. The fourth-order valence-electron chi connectivity index (χ4n) is 3.07. The monoisotopic (exact) mass is 420 g/mol. The second kappa shape index (κ2) is 8.58. The summed E-state index contributed by atoms with van der Waals surface area (Å²) < 4.78 is 41.2. The number of nitrogens with zero attached hydrogens (tertiary/aromatic N) is 1. The van der Waals surface area contributed by atoms with Crippen molar-refractivity contribution < 1.29 is 32.9 Å². The molecule has 3 rings (SSSR count). The maximum Gasteiger partial charge on any atom is 0.359 e. The van der Waals surface area contributed by atoms with Crippen LogP contribution >= 0.6 is 7.60 Å². The van der Waals surface area contributed by atoms with E-state index < -0.39 is 43.3 Å². The van der Waals surface area contributed by atoms with Crippen LogP contribution in [0.25, 0.3) is 0 Å². The van der Waals surface area contributed by atoms with E-state index >= 15 is 0 Å². The van der Waals surface area contributed by atoms with Gasteiger partial charge in [-0.25, -0.2) is 4.79 Å². The Labute approximate surface area is 161 Å². The Morgan fingerprint density at radius 3 is 2.82 bits per heavy atom. The van der Waals surface area contributed by atoms with Crippen LogP contribution in [0.15, 0.2) is 15.8 Å². The number of hydrogen-bond donors (Lipinski definition) is 2. The number of aliphatic hydroxyl groups excluding tert-OH is 1. The molecule has 0 spiro atoms. The third-order valence-corrected chi connectivity index (χ3v) is 6.83. The van der Waals surface area contributed by atoms with Gasteiger partial charge < -0.3 is 28.4 Å². The summed E-state index contributed by atoms with van der Waals surface area (Å²) in [6.07, 6.45) is -1.43. The number of rotatable bonds is 7. The number of hydrogen-bond acceptors (Lipinski definition) is 9. The fraction of sp³-hybridized carbons (Fsp3) is 0.750. The van der Waals surface area contributed by atoms with Crippen LogP contribution in [0.2, 0.25) is 0 Å². The molecule has 2 aliphatic rings. The highest BCUT2D eigenvalue weighted by atomic mass is 31.2. The van der Waals surface area contributed by atoms with Crippen LogP contribution in [0.4, 0.5) is 0 Å². The third-order valence-electron chi connectivity index (χ3n) is 4.72. The molecule has 2 aliphatic heterocycles. The minimum absolute atomic E-state index is 0.0530. The average molecular weight is 420 g/mol. The van der Waals surface area contributed by atoms with E-state index in [1.54, 1.807) is 6.92 Å². The van der Waals surface area contributed by atoms with Crippen molar-refractivity contribution in [1.29, 1.82) is 0 Å². The number of aromatic nitrogens is 2. The van der Waals surface area contributed by atoms with Crippen molar-refractivity contribution in [3.05, 3.63) is 32.6 Å². The molecular weight excluding hydrogens is 395 g/mol. The van der Waals surface area contributed by atoms with Gasteiger partial charge in [0.1, 0.15) is 12.3 Å². The smallest absolute Gasteiger partial charge is 0.359 e. The van der Waals surface area contributed by atoms with Gasteiger partial charge in [0.25, 0.3) is 5.56 Å². The predicted molar refractivity (Wildman–Crippen MR) is 96.1 cm³/mol. The van der Waals surface area contributed by atoms with E-state index in [1.165, 1.54) is 24.8 Å². The van der Waals surface area contributed by atoms with E-state index in [-0.39, 0.29) is 12.5 Å². The van der Waals surface area contributed by atoms with Gasteiger partial charge in [-0.3, -0.25) is 18.9 Å². The van der Waals surface area contributed by atoms with Crippen LogP contribution in [0.1, 0.15) is 31.6 Å². The van der Waals surface area contributed by atoms with Crippen LogP contribution < -0.4 is 11.2 Å². The van der Waals surface area contributed by atoms with Gasteiger partial charge in [0.15, 0.2) is 12.1 Å². The zero-order valence-corrected chi connectivity index (χ0v) is 16.8. The van der Waals surface area contributed by atoms with Crippen molar-refractivity contribution in [2.24, 2.45) is 0 Å². The summed E-state index contributed by atoms with van der Waals surface area (Å²) >= 11 is 0.